The van der Waals surface area contributed by atoms with Crippen LogP contribution >= 0.6 is 0 Å². The lowest BCUT2D eigenvalue weighted by Gasteiger charge is -2.19. The first-order chi connectivity index (χ1) is 7.65. The third-order valence-corrected chi connectivity index (χ3v) is 3.95. The van der Waals surface area contributed by atoms with Crippen LogP contribution in [0.3, 0.4) is 0 Å². The summed E-state index contributed by atoms with van der Waals surface area (Å²) >= 11 is 0. The van der Waals surface area contributed by atoms with E-state index >= 15 is 0 Å². The van der Waals surface area contributed by atoms with Crippen LogP contribution in [-0.4, -0.2) is 0 Å². The minimum absolute atomic E-state index is 0.229. The smallest absolute Gasteiger partial charge is 0.0349 e. The van der Waals surface area contributed by atoms with E-state index in [1.54, 1.807) is 0 Å². The van der Waals surface area contributed by atoms with Gasteiger partial charge in [-0.25, -0.2) is 0 Å². The average Bonchev–Trinajstić information content (AvgIpc) is 3.06. The SMILES string of the molecule is CCCCc1ccc(C(N)C2(C)CC2)cc1. The van der Waals surface area contributed by atoms with E-state index in [1.807, 2.05) is 0 Å². The van der Waals surface area contributed by atoms with Crippen LogP contribution in [0, 0.1) is 5.41 Å². The van der Waals surface area contributed by atoms with E-state index in [1.165, 1.54) is 43.2 Å². The summed E-state index contributed by atoms with van der Waals surface area (Å²) in [6, 6.07) is 9.17. The molecule has 1 aromatic carbocycles. The zero-order valence-electron chi connectivity index (χ0n) is 10.5. The molecule has 1 heteroatoms. The number of unbranched alkanes of at least 4 members (excludes halogenated alkanes) is 1. The summed E-state index contributed by atoms with van der Waals surface area (Å²) in [5.41, 5.74) is 9.41. The van der Waals surface area contributed by atoms with Crippen LogP contribution in [0.1, 0.15) is 56.7 Å². The second-order valence-corrected chi connectivity index (χ2v) is 5.48. The van der Waals surface area contributed by atoms with Gasteiger partial charge >= 0.3 is 0 Å². The molecule has 0 amide bonds. The molecule has 0 radical (unpaired) electrons. The molecule has 16 heavy (non-hydrogen) atoms. The van der Waals surface area contributed by atoms with Gasteiger partial charge in [0.15, 0.2) is 0 Å². The lowest BCUT2D eigenvalue weighted by molar-refractivity contribution is 0.451. The highest BCUT2D eigenvalue weighted by atomic mass is 14.7. The van der Waals surface area contributed by atoms with Crippen molar-refractivity contribution >= 4 is 0 Å². The molecule has 1 aromatic rings. The second-order valence-electron chi connectivity index (χ2n) is 5.48. The zero-order valence-corrected chi connectivity index (χ0v) is 10.5. The van der Waals surface area contributed by atoms with Crippen molar-refractivity contribution < 1.29 is 0 Å². The molecule has 0 saturated heterocycles. The maximum absolute atomic E-state index is 6.28. The van der Waals surface area contributed by atoms with Crippen molar-refractivity contribution in [1.82, 2.24) is 0 Å². The van der Waals surface area contributed by atoms with Crippen LogP contribution in [0.2, 0.25) is 0 Å². The van der Waals surface area contributed by atoms with Gasteiger partial charge in [0.25, 0.3) is 0 Å². The molecule has 1 aliphatic carbocycles. The molecule has 0 spiro atoms. The molecule has 2 rings (SSSR count). The third-order valence-electron chi connectivity index (χ3n) is 3.95. The van der Waals surface area contributed by atoms with Gasteiger partial charge in [0.05, 0.1) is 0 Å². The van der Waals surface area contributed by atoms with Gasteiger partial charge in [-0.15, -0.1) is 0 Å². The Kier molecular flexibility index (Phi) is 3.34. The molecule has 1 aliphatic rings. The molecule has 1 nitrogen and oxygen atoms in total. The summed E-state index contributed by atoms with van der Waals surface area (Å²) in [4.78, 5) is 0. The van der Waals surface area contributed by atoms with Crippen molar-refractivity contribution in [1.29, 1.82) is 0 Å². The number of aryl methyl sites for hydroxylation is 1. The fraction of sp³-hybridized carbons (Fsp3) is 0.600. The molecule has 0 aromatic heterocycles. The molecule has 0 heterocycles. The van der Waals surface area contributed by atoms with Crippen molar-refractivity contribution in [2.45, 2.75) is 52.0 Å². The van der Waals surface area contributed by atoms with E-state index in [2.05, 4.69) is 38.1 Å². The van der Waals surface area contributed by atoms with Crippen LogP contribution in [0.15, 0.2) is 24.3 Å². The monoisotopic (exact) mass is 217 g/mol. The van der Waals surface area contributed by atoms with Crippen molar-refractivity contribution in [3.05, 3.63) is 35.4 Å². The van der Waals surface area contributed by atoms with Crippen molar-refractivity contribution in [3.63, 3.8) is 0 Å². The lowest BCUT2D eigenvalue weighted by Crippen LogP contribution is -2.19. The first-order valence-corrected chi connectivity index (χ1v) is 6.50. The predicted molar refractivity (Wildman–Crippen MR) is 69.3 cm³/mol. The largest absolute Gasteiger partial charge is 0.323 e. The Labute approximate surface area is 99.0 Å². The van der Waals surface area contributed by atoms with Gasteiger partial charge in [0.1, 0.15) is 0 Å². The van der Waals surface area contributed by atoms with E-state index < -0.39 is 0 Å². The third kappa shape index (κ3) is 2.46. The Bertz CT molecular complexity index is 335. The Morgan fingerprint density at radius 1 is 1.25 bits per heavy atom. The lowest BCUT2D eigenvalue weighted by atomic mass is 9.92. The summed E-state index contributed by atoms with van der Waals surface area (Å²) in [5, 5.41) is 0. The number of hydrogen-bond donors (Lipinski definition) is 1. The van der Waals surface area contributed by atoms with Gasteiger partial charge in [-0.2, -0.15) is 0 Å². The minimum atomic E-state index is 0.229. The van der Waals surface area contributed by atoms with Gasteiger partial charge in [0.2, 0.25) is 0 Å². The van der Waals surface area contributed by atoms with E-state index in [4.69, 9.17) is 5.73 Å². The van der Waals surface area contributed by atoms with Gasteiger partial charge in [0, 0.05) is 6.04 Å². The van der Waals surface area contributed by atoms with Crippen LogP contribution < -0.4 is 5.73 Å². The summed E-state index contributed by atoms with van der Waals surface area (Å²) in [7, 11) is 0. The van der Waals surface area contributed by atoms with E-state index in [9.17, 15) is 0 Å². The van der Waals surface area contributed by atoms with E-state index in [0.29, 0.717) is 5.41 Å². The number of benzene rings is 1. The van der Waals surface area contributed by atoms with Crippen molar-refractivity contribution in [2.24, 2.45) is 11.1 Å². The first-order valence-electron chi connectivity index (χ1n) is 6.50. The highest BCUT2D eigenvalue weighted by Crippen LogP contribution is 2.53. The number of rotatable bonds is 5. The standard InChI is InChI=1S/C15H23N/c1-3-4-5-12-6-8-13(9-7-12)14(16)15(2)10-11-15/h6-9,14H,3-5,10-11,16H2,1-2H3. The second kappa shape index (κ2) is 4.58. The molecule has 1 fully saturated rings. The van der Waals surface area contributed by atoms with Gasteiger partial charge < -0.3 is 5.73 Å². The highest BCUT2D eigenvalue weighted by molar-refractivity contribution is 5.27. The topological polar surface area (TPSA) is 26.0 Å². The fourth-order valence-electron chi connectivity index (χ4n) is 2.18. The molecule has 0 bridgehead atoms. The Morgan fingerprint density at radius 3 is 2.38 bits per heavy atom. The summed E-state index contributed by atoms with van der Waals surface area (Å²) in [6.45, 7) is 4.53. The molecular weight excluding hydrogens is 194 g/mol. The normalized spacial score (nSPS) is 19.4. The van der Waals surface area contributed by atoms with Gasteiger partial charge in [-0.1, -0.05) is 44.5 Å². The fourth-order valence-corrected chi connectivity index (χ4v) is 2.18. The molecule has 1 unspecified atom stereocenters. The molecule has 88 valence electrons. The number of nitrogens with two attached hydrogens (primary N) is 1. The minimum Gasteiger partial charge on any atom is -0.323 e. The molecule has 1 atom stereocenters. The van der Waals surface area contributed by atoms with Gasteiger partial charge in [-0.05, 0) is 42.2 Å². The van der Waals surface area contributed by atoms with Crippen LogP contribution in [0.5, 0.6) is 0 Å². The maximum atomic E-state index is 6.28. The molecular formula is C15H23N. The van der Waals surface area contributed by atoms with Crippen molar-refractivity contribution in [3.8, 4) is 0 Å². The van der Waals surface area contributed by atoms with E-state index in [-0.39, 0.29) is 6.04 Å². The molecule has 1 saturated carbocycles. The van der Waals surface area contributed by atoms with Crippen LogP contribution in [-0.2, 0) is 6.42 Å². The predicted octanol–water partition coefficient (Wildman–Crippen LogP) is 3.83. The zero-order chi connectivity index (χ0) is 11.6. The highest BCUT2D eigenvalue weighted by Gasteiger charge is 2.43. The Hall–Kier alpha value is -0.820. The average molecular weight is 217 g/mol. The van der Waals surface area contributed by atoms with Gasteiger partial charge in [-0.3, -0.25) is 0 Å². The Balaban J connectivity index is 2.01. The Morgan fingerprint density at radius 2 is 1.88 bits per heavy atom. The molecule has 0 aliphatic heterocycles. The summed E-state index contributed by atoms with van der Waals surface area (Å²) in [5.74, 6) is 0. The van der Waals surface area contributed by atoms with E-state index in [0.717, 1.165) is 0 Å². The summed E-state index contributed by atoms with van der Waals surface area (Å²) < 4.78 is 0. The molecule has 2 N–H and O–H groups in total. The first kappa shape index (κ1) is 11.7. The van der Waals surface area contributed by atoms with Crippen LogP contribution in [0.4, 0.5) is 0 Å². The van der Waals surface area contributed by atoms with Crippen molar-refractivity contribution in [2.75, 3.05) is 0 Å². The maximum Gasteiger partial charge on any atom is 0.0349 e. The van der Waals surface area contributed by atoms with Crippen LogP contribution in [0.25, 0.3) is 0 Å². The quantitative estimate of drug-likeness (QED) is 0.797. The summed E-state index contributed by atoms with van der Waals surface area (Å²) in [6.07, 6.45) is 6.31. The number of hydrogen-bond acceptors (Lipinski definition) is 1.